The van der Waals surface area contributed by atoms with Crippen LogP contribution in [-0.4, -0.2) is 11.1 Å². The molecule has 2 rings (SSSR count). The van der Waals surface area contributed by atoms with Gasteiger partial charge in [0.15, 0.2) is 0 Å². The minimum atomic E-state index is -1.02. The van der Waals surface area contributed by atoms with E-state index in [0.29, 0.717) is 11.3 Å². The number of hydrogen-bond donors (Lipinski definition) is 1. The fourth-order valence-electron chi connectivity index (χ4n) is 1.61. The van der Waals surface area contributed by atoms with Gasteiger partial charge in [-0.1, -0.05) is 24.3 Å². The second-order valence-corrected chi connectivity index (χ2v) is 3.90. The summed E-state index contributed by atoms with van der Waals surface area (Å²) >= 11 is 0. The molecule has 4 nitrogen and oxygen atoms in total. The largest absolute Gasteiger partial charge is 0.488 e. The van der Waals surface area contributed by atoms with Crippen molar-refractivity contribution < 1.29 is 14.6 Å². The predicted octanol–water partition coefficient (Wildman–Crippen LogP) is 2.84. The molecule has 0 atom stereocenters. The summed E-state index contributed by atoms with van der Waals surface area (Å²) in [5.41, 5.74) is 1.59. The van der Waals surface area contributed by atoms with Gasteiger partial charge in [0.25, 0.3) is 0 Å². The summed E-state index contributed by atoms with van der Waals surface area (Å²) in [6.45, 7) is 0.260. The molecule has 0 saturated heterocycles. The zero-order chi connectivity index (χ0) is 13.7. The van der Waals surface area contributed by atoms with Crippen molar-refractivity contribution in [2.24, 2.45) is 0 Å². The molecule has 0 radical (unpaired) electrons. The van der Waals surface area contributed by atoms with Gasteiger partial charge in [-0.15, -0.1) is 0 Å². The Hall–Kier alpha value is -2.80. The average molecular weight is 253 g/mol. The molecule has 2 aromatic carbocycles. The fraction of sp³-hybridized carbons (Fsp3) is 0.0667. The van der Waals surface area contributed by atoms with Gasteiger partial charge in [-0.05, 0) is 29.8 Å². The van der Waals surface area contributed by atoms with Crippen LogP contribution >= 0.6 is 0 Å². The first-order valence-corrected chi connectivity index (χ1v) is 5.65. The van der Waals surface area contributed by atoms with E-state index < -0.39 is 5.97 Å². The minimum absolute atomic E-state index is 0.135. The number of ether oxygens (including phenoxy) is 1. The van der Waals surface area contributed by atoms with E-state index in [2.05, 4.69) is 0 Å². The lowest BCUT2D eigenvalue weighted by Crippen LogP contribution is -2.03. The van der Waals surface area contributed by atoms with Crippen LogP contribution in [0.4, 0.5) is 0 Å². The molecule has 0 aliphatic rings. The number of rotatable bonds is 4. The van der Waals surface area contributed by atoms with Gasteiger partial charge in [0.1, 0.15) is 17.9 Å². The van der Waals surface area contributed by atoms with Crippen LogP contribution in [-0.2, 0) is 6.61 Å². The maximum absolute atomic E-state index is 11.0. The van der Waals surface area contributed by atoms with Crippen molar-refractivity contribution in [1.29, 1.82) is 5.26 Å². The lowest BCUT2D eigenvalue weighted by molar-refractivity contribution is 0.0692. The molecule has 0 aliphatic carbocycles. The quantitative estimate of drug-likeness (QED) is 0.909. The molecule has 2 aromatic rings. The maximum atomic E-state index is 11.0. The SMILES string of the molecule is N#Cc1ccc(COc2ccccc2C(=O)O)cc1. The van der Waals surface area contributed by atoms with E-state index in [9.17, 15) is 4.79 Å². The number of carboxylic acid groups (broad SMARTS) is 1. The molecule has 0 bridgehead atoms. The molecule has 0 heterocycles. The van der Waals surface area contributed by atoms with Crippen LogP contribution in [0.3, 0.4) is 0 Å². The maximum Gasteiger partial charge on any atom is 0.339 e. The van der Waals surface area contributed by atoms with Gasteiger partial charge in [-0.3, -0.25) is 0 Å². The van der Waals surface area contributed by atoms with Crippen molar-refractivity contribution in [1.82, 2.24) is 0 Å². The van der Waals surface area contributed by atoms with Crippen LogP contribution in [0.1, 0.15) is 21.5 Å². The predicted molar refractivity (Wildman–Crippen MR) is 68.9 cm³/mol. The Labute approximate surface area is 110 Å². The Balaban J connectivity index is 2.10. The highest BCUT2D eigenvalue weighted by Gasteiger charge is 2.09. The molecule has 0 aromatic heterocycles. The summed E-state index contributed by atoms with van der Waals surface area (Å²) in [7, 11) is 0. The third kappa shape index (κ3) is 3.11. The van der Waals surface area contributed by atoms with Crippen LogP contribution in [0.5, 0.6) is 5.75 Å². The first-order chi connectivity index (χ1) is 9.20. The number of carbonyl (C=O) groups is 1. The number of benzene rings is 2. The molecular weight excluding hydrogens is 242 g/mol. The number of para-hydroxylation sites is 1. The normalized spacial score (nSPS) is 9.63. The van der Waals surface area contributed by atoms with Gasteiger partial charge < -0.3 is 9.84 Å². The van der Waals surface area contributed by atoms with E-state index in [-0.39, 0.29) is 12.2 Å². The van der Waals surface area contributed by atoms with Crippen molar-refractivity contribution >= 4 is 5.97 Å². The third-order valence-corrected chi connectivity index (χ3v) is 2.59. The van der Waals surface area contributed by atoms with Crippen molar-refractivity contribution in [3.8, 4) is 11.8 Å². The van der Waals surface area contributed by atoms with E-state index in [1.165, 1.54) is 6.07 Å². The highest BCUT2D eigenvalue weighted by atomic mass is 16.5. The molecule has 19 heavy (non-hydrogen) atoms. The molecule has 0 saturated carbocycles. The number of hydrogen-bond acceptors (Lipinski definition) is 3. The first kappa shape index (κ1) is 12.7. The van der Waals surface area contributed by atoms with E-state index in [4.69, 9.17) is 15.1 Å². The van der Waals surface area contributed by atoms with E-state index in [1.807, 2.05) is 6.07 Å². The molecular formula is C15H11NO3. The Kier molecular flexibility index (Phi) is 3.79. The smallest absolute Gasteiger partial charge is 0.339 e. The summed E-state index contributed by atoms with van der Waals surface area (Å²) in [6, 6.07) is 15.5. The molecule has 0 aliphatic heterocycles. The number of aromatic carboxylic acids is 1. The summed E-state index contributed by atoms with van der Waals surface area (Å²) in [5, 5.41) is 17.7. The van der Waals surface area contributed by atoms with Crippen molar-refractivity contribution in [2.75, 3.05) is 0 Å². The van der Waals surface area contributed by atoms with Gasteiger partial charge >= 0.3 is 5.97 Å². The Morgan fingerprint density at radius 1 is 1.16 bits per heavy atom. The van der Waals surface area contributed by atoms with Crippen molar-refractivity contribution in [3.63, 3.8) is 0 Å². The van der Waals surface area contributed by atoms with Crippen LogP contribution in [0.2, 0.25) is 0 Å². The van der Waals surface area contributed by atoms with Gasteiger partial charge in [-0.2, -0.15) is 5.26 Å². The lowest BCUT2D eigenvalue weighted by Gasteiger charge is -2.08. The summed E-state index contributed by atoms with van der Waals surface area (Å²) < 4.78 is 5.49. The summed E-state index contributed by atoms with van der Waals surface area (Å²) in [5.74, 6) is -0.685. The zero-order valence-electron chi connectivity index (χ0n) is 10.0. The van der Waals surface area contributed by atoms with Crippen LogP contribution in [0, 0.1) is 11.3 Å². The van der Waals surface area contributed by atoms with Gasteiger partial charge in [0.05, 0.1) is 11.6 Å². The molecule has 4 heteroatoms. The molecule has 0 fully saturated rings. The molecule has 0 spiro atoms. The third-order valence-electron chi connectivity index (χ3n) is 2.59. The molecule has 0 unspecified atom stereocenters. The van der Waals surface area contributed by atoms with Crippen molar-refractivity contribution in [2.45, 2.75) is 6.61 Å². The summed E-state index contributed by atoms with van der Waals surface area (Å²) in [4.78, 5) is 11.0. The van der Waals surface area contributed by atoms with Crippen LogP contribution < -0.4 is 4.74 Å². The van der Waals surface area contributed by atoms with Gasteiger partial charge in [0, 0.05) is 0 Å². The topological polar surface area (TPSA) is 70.3 Å². The molecule has 94 valence electrons. The fourth-order valence-corrected chi connectivity index (χ4v) is 1.61. The number of carboxylic acids is 1. The van der Waals surface area contributed by atoms with Gasteiger partial charge in [-0.25, -0.2) is 4.79 Å². The number of nitriles is 1. The van der Waals surface area contributed by atoms with E-state index >= 15 is 0 Å². The molecule has 0 amide bonds. The van der Waals surface area contributed by atoms with Crippen LogP contribution in [0.25, 0.3) is 0 Å². The van der Waals surface area contributed by atoms with E-state index in [0.717, 1.165) is 5.56 Å². The Morgan fingerprint density at radius 3 is 2.47 bits per heavy atom. The molecule has 1 N–H and O–H groups in total. The second kappa shape index (κ2) is 5.69. The summed E-state index contributed by atoms with van der Waals surface area (Å²) in [6.07, 6.45) is 0. The lowest BCUT2D eigenvalue weighted by atomic mass is 10.1. The Bertz CT molecular complexity index is 627. The standard InChI is InChI=1S/C15H11NO3/c16-9-11-5-7-12(8-6-11)10-19-14-4-2-1-3-13(14)15(17)18/h1-8H,10H2,(H,17,18). The monoisotopic (exact) mass is 253 g/mol. The van der Waals surface area contributed by atoms with Gasteiger partial charge in [0.2, 0.25) is 0 Å². The average Bonchev–Trinajstić information content (AvgIpc) is 2.46. The number of nitrogens with zero attached hydrogens (tertiary/aromatic N) is 1. The zero-order valence-corrected chi connectivity index (χ0v) is 10.0. The highest BCUT2D eigenvalue weighted by Crippen LogP contribution is 2.19. The first-order valence-electron chi connectivity index (χ1n) is 5.65. The van der Waals surface area contributed by atoms with Crippen molar-refractivity contribution in [3.05, 3.63) is 65.2 Å². The highest BCUT2D eigenvalue weighted by molar-refractivity contribution is 5.90. The second-order valence-electron chi connectivity index (χ2n) is 3.90. The van der Waals surface area contributed by atoms with E-state index in [1.54, 1.807) is 42.5 Å². The Morgan fingerprint density at radius 2 is 1.84 bits per heavy atom. The van der Waals surface area contributed by atoms with Crippen LogP contribution in [0.15, 0.2) is 48.5 Å². The minimum Gasteiger partial charge on any atom is -0.488 e.